The van der Waals surface area contributed by atoms with Gasteiger partial charge in [0.25, 0.3) is 0 Å². The smallest absolute Gasteiger partial charge is 0.408 e. The summed E-state index contributed by atoms with van der Waals surface area (Å²) in [4.78, 5) is 21.8. The molecule has 3 rings (SSSR count). The summed E-state index contributed by atoms with van der Waals surface area (Å²) in [5, 5.41) is 6.04. The van der Waals surface area contributed by atoms with Crippen molar-refractivity contribution in [2.24, 2.45) is 0 Å². The van der Waals surface area contributed by atoms with Crippen LogP contribution in [0.1, 0.15) is 0 Å². The van der Waals surface area contributed by atoms with Gasteiger partial charge in [0.2, 0.25) is 0 Å². The molecule has 2 aromatic heterocycles. The monoisotopic (exact) mass is 257 g/mol. The molecule has 19 heavy (non-hydrogen) atoms. The molecule has 0 saturated heterocycles. The van der Waals surface area contributed by atoms with Crippen LogP contribution in [0.2, 0.25) is 0 Å². The quantitative estimate of drug-likeness (QED) is 0.661. The average Bonchev–Trinajstić information content (AvgIpc) is 2.78. The molecule has 7 heteroatoms. The van der Waals surface area contributed by atoms with Crippen molar-refractivity contribution in [1.82, 2.24) is 15.0 Å². The molecular weight excluding hydrogens is 246 g/mol. The van der Waals surface area contributed by atoms with E-state index in [0.717, 1.165) is 5.69 Å². The molecule has 0 aliphatic carbocycles. The Morgan fingerprint density at radius 1 is 1.21 bits per heavy atom. The largest absolute Gasteiger partial charge is 0.417 e. The first-order chi connectivity index (χ1) is 9.24. The molecule has 0 spiro atoms. The molecule has 7 nitrogen and oxygen atoms in total. The normalized spacial score (nSPS) is 10.6. The summed E-state index contributed by atoms with van der Waals surface area (Å²) in [6, 6.07) is 7.10. The fourth-order valence-electron chi connectivity index (χ4n) is 1.73. The highest BCUT2D eigenvalue weighted by molar-refractivity contribution is 5.78. The van der Waals surface area contributed by atoms with E-state index in [-0.39, 0.29) is 0 Å². The van der Waals surface area contributed by atoms with Gasteiger partial charge in [-0.2, -0.15) is 0 Å². The van der Waals surface area contributed by atoms with Crippen LogP contribution < -0.4 is 16.4 Å². The van der Waals surface area contributed by atoms with Gasteiger partial charge >= 0.3 is 5.76 Å². The molecule has 0 bridgehead atoms. The van der Waals surface area contributed by atoms with Crippen LogP contribution in [0.4, 0.5) is 17.3 Å². The van der Waals surface area contributed by atoms with Crippen LogP contribution >= 0.6 is 0 Å². The molecule has 0 radical (unpaired) electrons. The molecule has 0 fully saturated rings. The molecule has 96 valence electrons. The Morgan fingerprint density at radius 2 is 2.05 bits per heavy atom. The van der Waals surface area contributed by atoms with Gasteiger partial charge in [-0.05, 0) is 12.1 Å². The van der Waals surface area contributed by atoms with Crippen molar-refractivity contribution in [3.8, 4) is 0 Å². The third kappa shape index (κ3) is 2.25. The first-order valence-electron chi connectivity index (χ1n) is 5.64. The predicted molar refractivity (Wildman–Crippen MR) is 71.7 cm³/mol. The summed E-state index contributed by atoms with van der Waals surface area (Å²) < 4.78 is 4.99. The van der Waals surface area contributed by atoms with Crippen LogP contribution in [-0.4, -0.2) is 22.0 Å². The zero-order valence-corrected chi connectivity index (χ0v) is 10.1. The second kappa shape index (κ2) is 4.45. The van der Waals surface area contributed by atoms with Crippen molar-refractivity contribution >= 4 is 28.4 Å². The average molecular weight is 257 g/mol. The fourth-order valence-corrected chi connectivity index (χ4v) is 1.73. The van der Waals surface area contributed by atoms with E-state index in [1.54, 1.807) is 25.2 Å². The van der Waals surface area contributed by atoms with Crippen molar-refractivity contribution in [2.45, 2.75) is 0 Å². The summed E-state index contributed by atoms with van der Waals surface area (Å²) in [5.41, 5.74) is 1.93. The van der Waals surface area contributed by atoms with Gasteiger partial charge in [0.1, 0.15) is 18.0 Å². The Kier molecular flexibility index (Phi) is 2.64. The number of hydrogen-bond acceptors (Lipinski definition) is 6. The Bertz CT molecular complexity index is 777. The van der Waals surface area contributed by atoms with Crippen LogP contribution in [0.25, 0.3) is 11.1 Å². The van der Waals surface area contributed by atoms with Gasteiger partial charge < -0.3 is 15.1 Å². The summed E-state index contributed by atoms with van der Waals surface area (Å²) in [7, 11) is 1.78. The summed E-state index contributed by atoms with van der Waals surface area (Å²) >= 11 is 0. The zero-order valence-electron chi connectivity index (χ0n) is 10.1. The second-order valence-electron chi connectivity index (χ2n) is 3.89. The highest BCUT2D eigenvalue weighted by atomic mass is 16.4. The summed E-state index contributed by atoms with van der Waals surface area (Å²) in [5.74, 6) is 0.898. The van der Waals surface area contributed by atoms with Gasteiger partial charge in [0.05, 0.1) is 5.52 Å². The van der Waals surface area contributed by atoms with Gasteiger partial charge in [0, 0.05) is 24.9 Å². The van der Waals surface area contributed by atoms with E-state index in [4.69, 9.17) is 4.42 Å². The van der Waals surface area contributed by atoms with E-state index in [2.05, 4.69) is 25.6 Å². The molecule has 0 aliphatic heterocycles. The number of nitrogens with one attached hydrogen (secondary N) is 3. The number of anilines is 3. The standard InChI is InChI=1S/C12H11N5O2/c1-13-10-5-11(15-6-14-10)16-7-2-3-8-9(4-7)19-12(18)17-8/h2-6H,1H3,(H,17,18)(H2,13,14,15,16). The van der Waals surface area contributed by atoms with Crippen LogP contribution in [0, 0.1) is 0 Å². The SMILES string of the molecule is CNc1cc(Nc2ccc3[nH]c(=O)oc3c2)ncn1. The van der Waals surface area contributed by atoms with E-state index in [9.17, 15) is 4.79 Å². The van der Waals surface area contributed by atoms with Crippen LogP contribution in [0.15, 0.2) is 39.8 Å². The van der Waals surface area contributed by atoms with Gasteiger partial charge in [0.15, 0.2) is 5.58 Å². The van der Waals surface area contributed by atoms with Crippen LogP contribution in [0.3, 0.4) is 0 Å². The highest BCUT2D eigenvalue weighted by Gasteiger charge is 2.03. The van der Waals surface area contributed by atoms with Crippen molar-refractivity contribution in [3.05, 3.63) is 41.1 Å². The van der Waals surface area contributed by atoms with Gasteiger partial charge in [-0.15, -0.1) is 0 Å². The number of aromatic amines is 1. The zero-order chi connectivity index (χ0) is 13.2. The lowest BCUT2D eigenvalue weighted by molar-refractivity contribution is 0.555. The van der Waals surface area contributed by atoms with Crippen molar-refractivity contribution in [1.29, 1.82) is 0 Å². The number of aromatic nitrogens is 3. The topological polar surface area (TPSA) is 95.8 Å². The molecule has 1 aromatic carbocycles. The van der Waals surface area contributed by atoms with E-state index >= 15 is 0 Å². The molecule has 0 unspecified atom stereocenters. The third-order valence-electron chi connectivity index (χ3n) is 2.62. The third-order valence-corrected chi connectivity index (χ3v) is 2.62. The molecule has 0 saturated carbocycles. The maximum atomic E-state index is 11.1. The number of oxazole rings is 1. The van der Waals surface area contributed by atoms with E-state index < -0.39 is 5.76 Å². The molecule has 0 aliphatic rings. The van der Waals surface area contributed by atoms with Gasteiger partial charge in [-0.25, -0.2) is 14.8 Å². The number of hydrogen-bond donors (Lipinski definition) is 3. The highest BCUT2D eigenvalue weighted by Crippen LogP contribution is 2.20. The minimum absolute atomic E-state index is 0.466. The second-order valence-corrected chi connectivity index (χ2v) is 3.89. The van der Waals surface area contributed by atoms with E-state index in [1.165, 1.54) is 6.33 Å². The molecular formula is C12H11N5O2. The summed E-state index contributed by atoms with van der Waals surface area (Å²) in [6.45, 7) is 0. The van der Waals surface area contributed by atoms with E-state index in [0.29, 0.717) is 22.7 Å². The Hall–Kier alpha value is -2.83. The summed E-state index contributed by atoms with van der Waals surface area (Å²) in [6.07, 6.45) is 1.46. The number of benzene rings is 1. The fraction of sp³-hybridized carbons (Fsp3) is 0.0833. The van der Waals surface area contributed by atoms with Crippen LogP contribution in [0.5, 0.6) is 0 Å². The van der Waals surface area contributed by atoms with Crippen LogP contribution in [-0.2, 0) is 0 Å². The number of nitrogens with zero attached hydrogens (tertiary/aromatic N) is 2. The Morgan fingerprint density at radius 3 is 2.89 bits per heavy atom. The lowest BCUT2D eigenvalue weighted by atomic mass is 10.3. The molecule has 3 N–H and O–H groups in total. The molecule has 0 amide bonds. The van der Waals surface area contributed by atoms with Crippen molar-refractivity contribution < 1.29 is 4.42 Å². The first kappa shape index (κ1) is 11.3. The first-order valence-corrected chi connectivity index (χ1v) is 5.64. The maximum absolute atomic E-state index is 11.1. The Balaban J connectivity index is 1.93. The molecule has 0 atom stereocenters. The minimum atomic E-state index is -0.466. The molecule has 3 aromatic rings. The number of H-pyrrole nitrogens is 1. The minimum Gasteiger partial charge on any atom is -0.408 e. The van der Waals surface area contributed by atoms with Crippen molar-refractivity contribution in [2.75, 3.05) is 17.7 Å². The van der Waals surface area contributed by atoms with Gasteiger partial charge in [-0.3, -0.25) is 4.98 Å². The Labute approximate surface area is 107 Å². The lowest BCUT2D eigenvalue weighted by Gasteiger charge is -2.06. The number of rotatable bonds is 3. The van der Waals surface area contributed by atoms with E-state index in [1.807, 2.05) is 6.07 Å². The number of fused-ring (bicyclic) bond motifs is 1. The van der Waals surface area contributed by atoms with Gasteiger partial charge in [-0.1, -0.05) is 0 Å². The predicted octanol–water partition coefficient (Wildman–Crippen LogP) is 1.70. The lowest BCUT2D eigenvalue weighted by Crippen LogP contribution is -1.97. The molecule has 2 heterocycles. The van der Waals surface area contributed by atoms with Crippen molar-refractivity contribution in [3.63, 3.8) is 0 Å². The maximum Gasteiger partial charge on any atom is 0.417 e.